The Morgan fingerprint density at radius 3 is 2.14 bits per heavy atom. The molecule has 0 fully saturated rings. The molecule has 0 saturated carbocycles. The van der Waals surface area contributed by atoms with Crippen LogP contribution in [0.15, 0.2) is 112 Å². The minimum absolute atomic E-state index is 0.0651. The normalized spacial score (nSPS) is 12.2. The molecular formula is C34H27NO2. The molecule has 3 nitrogen and oxygen atoms in total. The highest BCUT2D eigenvalue weighted by atomic mass is 16.3. The fourth-order valence-electron chi connectivity index (χ4n) is 5.31. The standard InChI is InChI=1S/C34H27NO2/c1-34(2,3)22-15-17-25-31(19-22)37-30-14-8-12-27(33(25)30)35-23-16-18-28-26(20-23)32-24(11-7-13-29(32)36-28)21-9-5-4-6-10-21/h4-20,35H,1-3H3. The predicted molar refractivity (Wildman–Crippen MR) is 155 cm³/mol. The predicted octanol–water partition coefficient (Wildman–Crippen LogP) is 10.2. The fourth-order valence-corrected chi connectivity index (χ4v) is 5.31. The van der Waals surface area contributed by atoms with Crippen molar-refractivity contribution in [1.29, 1.82) is 0 Å². The first-order chi connectivity index (χ1) is 18.0. The van der Waals surface area contributed by atoms with E-state index in [0.29, 0.717) is 0 Å². The fraction of sp³-hybridized carbons (Fsp3) is 0.118. The molecular weight excluding hydrogens is 454 g/mol. The summed E-state index contributed by atoms with van der Waals surface area (Å²) in [4.78, 5) is 0. The average Bonchev–Trinajstić information content (AvgIpc) is 3.47. The Morgan fingerprint density at radius 1 is 0.568 bits per heavy atom. The van der Waals surface area contributed by atoms with Gasteiger partial charge in [-0.2, -0.15) is 0 Å². The highest BCUT2D eigenvalue weighted by molar-refractivity contribution is 6.14. The van der Waals surface area contributed by atoms with Crippen LogP contribution in [0.4, 0.5) is 11.4 Å². The number of furan rings is 2. The van der Waals surface area contributed by atoms with Gasteiger partial charge in [0.1, 0.15) is 22.3 Å². The summed E-state index contributed by atoms with van der Waals surface area (Å²) in [5.74, 6) is 0. The SMILES string of the molecule is CC(C)(C)c1ccc2c(c1)oc1cccc(Nc3ccc4oc5cccc(-c6ccccc6)c5c4c3)c12. The van der Waals surface area contributed by atoms with E-state index >= 15 is 0 Å². The molecule has 0 unspecified atom stereocenters. The molecule has 0 bridgehead atoms. The third-order valence-corrected chi connectivity index (χ3v) is 7.22. The maximum absolute atomic E-state index is 6.29. The summed E-state index contributed by atoms with van der Waals surface area (Å²) < 4.78 is 12.5. The second kappa shape index (κ2) is 8.01. The van der Waals surface area contributed by atoms with Gasteiger partial charge in [0.15, 0.2) is 0 Å². The van der Waals surface area contributed by atoms with Crippen molar-refractivity contribution in [2.75, 3.05) is 5.32 Å². The molecule has 37 heavy (non-hydrogen) atoms. The monoisotopic (exact) mass is 481 g/mol. The third-order valence-electron chi connectivity index (χ3n) is 7.22. The molecule has 0 amide bonds. The topological polar surface area (TPSA) is 38.3 Å². The molecule has 7 rings (SSSR count). The van der Waals surface area contributed by atoms with E-state index in [0.717, 1.165) is 55.3 Å². The van der Waals surface area contributed by atoms with Crippen molar-refractivity contribution in [3.05, 3.63) is 109 Å². The lowest BCUT2D eigenvalue weighted by Gasteiger charge is -2.18. The minimum Gasteiger partial charge on any atom is -0.456 e. The van der Waals surface area contributed by atoms with Crippen molar-refractivity contribution >= 4 is 55.3 Å². The van der Waals surface area contributed by atoms with Crippen molar-refractivity contribution in [3.63, 3.8) is 0 Å². The summed E-state index contributed by atoms with van der Waals surface area (Å²) in [5, 5.41) is 8.12. The maximum Gasteiger partial charge on any atom is 0.137 e. The van der Waals surface area contributed by atoms with Gasteiger partial charge in [-0.1, -0.05) is 81.4 Å². The number of anilines is 2. The average molecular weight is 482 g/mol. The van der Waals surface area contributed by atoms with Gasteiger partial charge in [0.25, 0.3) is 0 Å². The molecule has 0 aliphatic heterocycles. The van der Waals surface area contributed by atoms with Crippen LogP contribution in [0.1, 0.15) is 26.3 Å². The quantitative estimate of drug-likeness (QED) is 0.273. The molecule has 3 heteroatoms. The molecule has 2 heterocycles. The Morgan fingerprint density at radius 2 is 1.32 bits per heavy atom. The zero-order valence-corrected chi connectivity index (χ0v) is 21.1. The van der Waals surface area contributed by atoms with Gasteiger partial charge in [0.05, 0.1) is 11.1 Å². The van der Waals surface area contributed by atoms with Gasteiger partial charge in [0.2, 0.25) is 0 Å². The van der Waals surface area contributed by atoms with E-state index in [1.807, 2.05) is 24.3 Å². The van der Waals surface area contributed by atoms with E-state index < -0.39 is 0 Å². The van der Waals surface area contributed by atoms with Crippen LogP contribution in [0, 0.1) is 0 Å². The van der Waals surface area contributed by atoms with Crippen LogP contribution in [0.3, 0.4) is 0 Å². The van der Waals surface area contributed by atoms with E-state index in [9.17, 15) is 0 Å². The van der Waals surface area contributed by atoms with E-state index in [-0.39, 0.29) is 5.41 Å². The smallest absolute Gasteiger partial charge is 0.137 e. The van der Waals surface area contributed by atoms with Crippen molar-refractivity contribution in [2.24, 2.45) is 0 Å². The molecule has 0 spiro atoms. The van der Waals surface area contributed by atoms with E-state index in [1.54, 1.807) is 0 Å². The zero-order chi connectivity index (χ0) is 25.1. The summed E-state index contributed by atoms with van der Waals surface area (Å²) in [6.07, 6.45) is 0. The van der Waals surface area contributed by atoms with Gasteiger partial charge in [0, 0.05) is 21.8 Å². The summed E-state index contributed by atoms with van der Waals surface area (Å²) >= 11 is 0. The lowest BCUT2D eigenvalue weighted by Crippen LogP contribution is -2.10. The highest BCUT2D eigenvalue weighted by Crippen LogP contribution is 2.40. The van der Waals surface area contributed by atoms with Crippen molar-refractivity contribution < 1.29 is 8.83 Å². The summed E-state index contributed by atoms with van der Waals surface area (Å²) in [6.45, 7) is 6.67. The summed E-state index contributed by atoms with van der Waals surface area (Å²) in [7, 11) is 0. The Labute approximate surface area is 215 Å². The van der Waals surface area contributed by atoms with E-state index in [2.05, 4.69) is 105 Å². The Kier molecular flexibility index (Phi) is 4.71. The summed E-state index contributed by atoms with van der Waals surface area (Å²) in [6, 6.07) is 35.8. The molecule has 0 radical (unpaired) electrons. The number of hydrogen-bond acceptors (Lipinski definition) is 3. The van der Waals surface area contributed by atoms with Gasteiger partial charge >= 0.3 is 0 Å². The van der Waals surface area contributed by atoms with Crippen molar-refractivity contribution in [2.45, 2.75) is 26.2 Å². The largest absolute Gasteiger partial charge is 0.456 e. The first kappa shape index (κ1) is 21.8. The number of rotatable bonds is 3. The van der Waals surface area contributed by atoms with Gasteiger partial charge in [-0.15, -0.1) is 0 Å². The maximum atomic E-state index is 6.29. The molecule has 0 atom stereocenters. The van der Waals surface area contributed by atoms with Gasteiger partial charge in [-0.05, 0) is 64.6 Å². The third kappa shape index (κ3) is 3.58. The number of fused-ring (bicyclic) bond motifs is 6. The van der Waals surface area contributed by atoms with Gasteiger partial charge in [-0.25, -0.2) is 0 Å². The summed E-state index contributed by atoms with van der Waals surface area (Å²) in [5.41, 5.74) is 9.28. The Balaban J connectivity index is 1.37. The van der Waals surface area contributed by atoms with Crippen LogP contribution in [-0.2, 0) is 5.41 Å². The number of nitrogens with one attached hydrogen (secondary N) is 1. The first-order valence-electron chi connectivity index (χ1n) is 12.7. The lowest BCUT2D eigenvalue weighted by molar-refractivity contribution is 0.587. The highest BCUT2D eigenvalue weighted by Gasteiger charge is 2.18. The molecule has 180 valence electrons. The van der Waals surface area contributed by atoms with Crippen molar-refractivity contribution in [3.8, 4) is 11.1 Å². The molecule has 0 saturated heterocycles. The van der Waals surface area contributed by atoms with E-state index in [1.165, 1.54) is 16.7 Å². The molecule has 2 aromatic heterocycles. The second-order valence-corrected chi connectivity index (χ2v) is 10.7. The van der Waals surface area contributed by atoms with E-state index in [4.69, 9.17) is 8.83 Å². The van der Waals surface area contributed by atoms with Crippen molar-refractivity contribution in [1.82, 2.24) is 0 Å². The number of benzene rings is 5. The van der Waals surface area contributed by atoms with Crippen LogP contribution in [0.5, 0.6) is 0 Å². The Bertz CT molecular complexity index is 1930. The van der Waals surface area contributed by atoms with Crippen LogP contribution in [0.2, 0.25) is 0 Å². The zero-order valence-electron chi connectivity index (χ0n) is 21.1. The van der Waals surface area contributed by atoms with Crippen LogP contribution >= 0.6 is 0 Å². The Hall–Kier alpha value is -4.50. The first-order valence-corrected chi connectivity index (χ1v) is 12.7. The molecule has 0 aliphatic rings. The number of hydrogen-bond donors (Lipinski definition) is 1. The minimum atomic E-state index is 0.0651. The van der Waals surface area contributed by atoms with Crippen LogP contribution < -0.4 is 5.32 Å². The van der Waals surface area contributed by atoms with Gasteiger partial charge < -0.3 is 14.2 Å². The van der Waals surface area contributed by atoms with Crippen LogP contribution in [-0.4, -0.2) is 0 Å². The van der Waals surface area contributed by atoms with Crippen LogP contribution in [0.25, 0.3) is 55.0 Å². The lowest BCUT2D eigenvalue weighted by atomic mass is 9.86. The molecule has 0 aliphatic carbocycles. The second-order valence-electron chi connectivity index (χ2n) is 10.7. The van der Waals surface area contributed by atoms with Gasteiger partial charge in [-0.3, -0.25) is 0 Å². The molecule has 1 N–H and O–H groups in total. The molecule has 5 aromatic carbocycles. The molecule has 7 aromatic rings.